The van der Waals surface area contributed by atoms with Gasteiger partial charge in [-0.1, -0.05) is 6.42 Å². The third-order valence-electron chi connectivity index (χ3n) is 4.99. The number of imide groups is 1. The third kappa shape index (κ3) is 2.02. The number of fused-ring (bicyclic) bond motifs is 1. The Hall–Kier alpha value is -1.43. The molecule has 2 N–H and O–H groups in total. The number of amides is 3. The van der Waals surface area contributed by atoms with Crippen molar-refractivity contribution in [3.63, 3.8) is 0 Å². The van der Waals surface area contributed by atoms with Gasteiger partial charge < -0.3 is 10.6 Å². The maximum Gasteiger partial charge on any atom is 0.234 e. The van der Waals surface area contributed by atoms with E-state index in [0.717, 1.165) is 25.7 Å². The van der Waals surface area contributed by atoms with Crippen LogP contribution >= 0.6 is 0 Å². The van der Waals surface area contributed by atoms with Gasteiger partial charge in [-0.3, -0.25) is 19.3 Å². The highest BCUT2D eigenvalue weighted by Crippen LogP contribution is 2.34. The van der Waals surface area contributed by atoms with Crippen molar-refractivity contribution in [2.75, 3.05) is 20.1 Å². The van der Waals surface area contributed by atoms with Gasteiger partial charge in [-0.15, -0.1) is 0 Å². The van der Waals surface area contributed by atoms with Crippen molar-refractivity contribution in [2.45, 2.75) is 31.7 Å². The van der Waals surface area contributed by atoms with Crippen molar-refractivity contribution in [1.29, 1.82) is 0 Å². The van der Waals surface area contributed by atoms with Gasteiger partial charge in [-0.2, -0.15) is 0 Å². The zero-order chi connectivity index (χ0) is 14.4. The van der Waals surface area contributed by atoms with Crippen molar-refractivity contribution in [2.24, 2.45) is 23.5 Å². The van der Waals surface area contributed by atoms with Crippen LogP contribution in [0.3, 0.4) is 0 Å². The monoisotopic (exact) mass is 279 g/mol. The van der Waals surface area contributed by atoms with Gasteiger partial charge in [0.05, 0.1) is 11.8 Å². The molecule has 3 amide bonds. The highest BCUT2D eigenvalue weighted by molar-refractivity contribution is 6.06. The predicted octanol–water partition coefficient (Wildman–Crippen LogP) is -0.423. The number of nitrogens with two attached hydrogens (primary N) is 1. The van der Waals surface area contributed by atoms with Crippen molar-refractivity contribution in [1.82, 2.24) is 9.80 Å². The number of carbonyl (C=O) groups excluding carboxylic acids is 3. The summed E-state index contributed by atoms with van der Waals surface area (Å²) in [5.74, 6) is -0.882. The Labute approximate surface area is 118 Å². The lowest BCUT2D eigenvalue weighted by atomic mass is 9.85. The molecule has 2 aliphatic heterocycles. The molecular weight excluding hydrogens is 258 g/mol. The number of hydrogen-bond donors (Lipinski definition) is 1. The largest absolute Gasteiger partial charge is 0.341 e. The Morgan fingerprint density at radius 2 is 1.75 bits per heavy atom. The molecule has 4 atom stereocenters. The molecule has 6 nitrogen and oxygen atoms in total. The summed E-state index contributed by atoms with van der Waals surface area (Å²) in [4.78, 5) is 39.3. The number of hydrogen-bond acceptors (Lipinski definition) is 4. The molecular formula is C14H21N3O3. The van der Waals surface area contributed by atoms with E-state index in [0.29, 0.717) is 13.1 Å². The summed E-state index contributed by atoms with van der Waals surface area (Å²) in [5, 5.41) is 0. The Bertz CT molecular complexity index is 441. The van der Waals surface area contributed by atoms with Crippen LogP contribution in [0.25, 0.3) is 0 Å². The van der Waals surface area contributed by atoms with Gasteiger partial charge in [0.1, 0.15) is 0 Å². The molecule has 0 aromatic rings. The number of nitrogens with zero attached hydrogens (tertiary/aromatic N) is 2. The zero-order valence-electron chi connectivity index (χ0n) is 11.7. The van der Waals surface area contributed by atoms with E-state index in [4.69, 9.17) is 5.73 Å². The van der Waals surface area contributed by atoms with E-state index < -0.39 is 0 Å². The van der Waals surface area contributed by atoms with Crippen LogP contribution in [-0.4, -0.2) is 53.7 Å². The van der Waals surface area contributed by atoms with Gasteiger partial charge in [-0.05, 0) is 19.3 Å². The molecule has 110 valence electrons. The fraction of sp³-hybridized carbons (Fsp3) is 0.786. The summed E-state index contributed by atoms with van der Waals surface area (Å²) < 4.78 is 0. The second-order valence-corrected chi connectivity index (χ2v) is 6.32. The summed E-state index contributed by atoms with van der Waals surface area (Å²) in [7, 11) is 1.52. The number of likely N-dealkylation sites (tertiary alicyclic amines) is 2. The smallest absolute Gasteiger partial charge is 0.234 e. The van der Waals surface area contributed by atoms with Crippen molar-refractivity contribution >= 4 is 17.7 Å². The first-order valence-electron chi connectivity index (χ1n) is 7.35. The summed E-state index contributed by atoms with van der Waals surface area (Å²) in [6.07, 6.45) is 3.57. The minimum Gasteiger partial charge on any atom is -0.341 e. The van der Waals surface area contributed by atoms with E-state index in [1.54, 1.807) is 4.90 Å². The highest BCUT2D eigenvalue weighted by Gasteiger charge is 2.52. The quantitative estimate of drug-likeness (QED) is 0.661. The first-order valence-corrected chi connectivity index (χ1v) is 7.35. The normalized spacial score (nSPS) is 37.5. The molecule has 3 fully saturated rings. The molecule has 0 unspecified atom stereocenters. The Kier molecular flexibility index (Phi) is 3.28. The molecule has 0 spiro atoms. The molecule has 0 bridgehead atoms. The Balaban J connectivity index is 1.67. The molecule has 0 aromatic heterocycles. The van der Waals surface area contributed by atoms with Gasteiger partial charge in [0.15, 0.2) is 0 Å². The second kappa shape index (κ2) is 4.84. The van der Waals surface area contributed by atoms with E-state index in [9.17, 15) is 14.4 Å². The van der Waals surface area contributed by atoms with Crippen LogP contribution < -0.4 is 5.73 Å². The van der Waals surface area contributed by atoms with Crippen LogP contribution in [0.1, 0.15) is 25.7 Å². The first kappa shape index (κ1) is 13.5. The van der Waals surface area contributed by atoms with Gasteiger partial charge in [0, 0.05) is 32.1 Å². The molecule has 0 radical (unpaired) electrons. The van der Waals surface area contributed by atoms with Crippen LogP contribution in [0.15, 0.2) is 0 Å². The summed E-state index contributed by atoms with van der Waals surface area (Å²) in [5.41, 5.74) is 5.93. The van der Waals surface area contributed by atoms with Gasteiger partial charge >= 0.3 is 0 Å². The average Bonchev–Trinajstić information content (AvgIpc) is 2.95. The molecule has 1 aliphatic carbocycles. The second-order valence-electron chi connectivity index (χ2n) is 6.32. The predicted molar refractivity (Wildman–Crippen MR) is 71.3 cm³/mol. The van der Waals surface area contributed by atoms with Crippen molar-refractivity contribution in [3.8, 4) is 0 Å². The van der Waals surface area contributed by atoms with Crippen LogP contribution in [-0.2, 0) is 14.4 Å². The van der Waals surface area contributed by atoms with Gasteiger partial charge in [-0.25, -0.2) is 0 Å². The zero-order valence-corrected chi connectivity index (χ0v) is 11.7. The molecule has 2 saturated heterocycles. The summed E-state index contributed by atoms with van der Waals surface area (Å²) in [6, 6.07) is 0.106. The Morgan fingerprint density at radius 3 is 2.30 bits per heavy atom. The maximum atomic E-state index is 12.5. The van der Waals surface area contributed by atoms with Crippen molar-refractivity contribution in [3.05, 3.63) is 0 Å². The first-order chi connectivity index (χ1) is 9.49. The van der Waals surface area contributed by atoms with E-state index in [1.807, 2.05) is 0 Å². The van der Waals surface area contributed by atoms with Gasteiger partial charge in [0.2, 0.25) is 17.7 Å². The van der Waals surface area contributed by atoms with Crippen LogP contribution in [0.4, 0.5) is 0 Å². The van der Waals surface area contributed by atoms with Crippen LogP contribution in [0.5, 0.6) is 0 Å². The summed E-state index contributed by atoms with van der Waals surface area (Å²) in [6.45, 7) is 0.786. The van der Waals surface area contributed by atoms with E-state index >= 15 is 0 Å². The van der Waals surface area contributed by atoms with Crippen LogP contribution in [0, 0.1) is 17.8 Å². The summed E-state index contributed by atoms with van der Waals surface area (Å²) >= 11 is 0. The van der Waals surface area contributed by atoms with Gasteiger partial charge in [0.25, 0.3) is 0 Å². The Morgan fingerprint density at radius 1 is 1.15 bits per heavy atom. The lowest BCUT2D eigenvalue weighted by molar-refractivity contribution is -0.140. The molecule has 1 saturated carbocycles. The average molecular weight is 279 g/mol. The standard InChI is InChI=1S/C14H21N3O3/c1-16-13(19)10-6-17(7-11(10)14(16)20)12(18)8-3-2-4-9(15)5-8/h8-11H,2-7,15H2,1H3/t8-,9+,10-,11+/m1/s1. The fourth-order valence-corrected chi connectivity index (χ4v) is 3.80. The number of rotatable bonds is 1. The van der Waals surface area contributed by atoms with E-state index in [1.165, 1.54) is 11.9 Å². The third-order valence-corrected chi connectivity index (χ3v) is 4.99. The SMILES string of the molecule is CN1C(=O)[C@H]2CN(C(=O)[C@@H]3CCC[C@H](N)C3)C[C@H]2C1=O. The lowest BCUT2D eigenvalue weighted by Gasteiger charge is -2.29. The van der Waals surface area contributed by atoms with E-state index in [-0.39, 0.29) is 41.5 Å². The molecule has 3 rings (SSSR count). The number of carbonyl (C=O) groups is 3. The minimum absolute atomic E-state index is 0.0273. The van der Waals surface area contributed by atoms with Crippen LogP contribution in [0.2, 0.25) is 0 Å². The fourth-order valence-electron chi connectivity index (χ4n) is 3.80. The van der Waals surface area contributed by atoms with Crippen molar-refractivity contribution < 1.29 is 14.4 Å². The minimum atomic E-state index is -0.325. The van der Waals surface area contributed by atoms with E-state index in [2.05, 4.69) is 0 Å². The highest BCUT2D eigenvalue weighted by atomic mass is 16.2. The molecule has 20 heavy (non-hydrogen) atoms. The maximum absolute atomic E-state index is 12.5. The molecule has 3 aliphatic rings. The molecule has 6 heteroatoms. The molecule has 0 aromatic carbocycles. The topological polar surface area (TPSA) is 83.7 Å². The lowest BCUT2D eigenvalue weighted by Crippen LogP contribution is -2.42. The molecule has 2 heterocycles.